The zero-order valence-electron chi connectivity index (χ0n) is 20.2. The second kappa shape index (κ2) is 8.62. The number of benzene rings is 1. The molecule has 0 N–H and O–H groups in total. The minimum atomic E-state index is -1.26. The van der Waals surface area contributed by atoms with Crippen LogP contribution in [0.1, 0.15) is 73.4 Å². The lowest BCUT2D eigenvalue weighted by Gasteiger charge is -2.33. The van der Waals surface area contributed by atoms with E-state index in [1.165, 1.54) is 0 Å². The second-order valence-corrected chi connectivity index (χ2v) is 9.83. The van der Waals surface area contributed by atoms with E-state index < -0.39 is 17.5 Å². The van der Waals surface area contributed by atoms with Gasteiger partial charge in [0, 0.05) is 29.3 Å². The highest BCUT2D eigenvalue weighted by molar-refractivity contribution is 5.87. The van der Waals surface area contributed by atoms with Crippen LogP contribution in [0.15, 0.2) is 24.5 Å². The molecule has 4 heterocycles. The quantitative estimate of drug-likeness (QED) is 0.340. The summed E-state index contributed by atoms with van der Waals surface area (Å²) in [7, 11) is 0. The number of aromatic nitrogens is 6. The number of hydrogen-bond donors (Lipinski definition) is 0. The van der Waals surface area contributed by atoms with Gasteiger partial charge in [-0.1, -0.05) is 0 Å². The summed E-state index contributed by atoms with van der Waals surface area (Å²) in [6, 6.07) is 1.81. The van der Waals surface area contributed by atoms with E-state index in [2.05, 4.69) is 20.1 Å². The van der Waals surface area contributed by atoms with Crippen molar-refractivity contribution in [3.05, 3.63) is 64.8 Å². The Balaban J connectivity index is 1.45. The van der Waals surface area contributed by atoms with Crippen molar-refractivity contribution in [1.29, 1.82) is 0 Å². The first kappa shape index (κ1) is 23.0. The van der Waals surface area contributed by atoms with Gasteiger partial charge in [-0.05, 0) is 52.5 Å². The van der Waals surface area contributed by atoms with E-state index >= 15 is 0 Å². The highest BCUT2D eigenvalue weighted by atomic mass is 19.2. The fraction of sp³-hybridized carbons (Fsp3) is 0.423. The maximum atomic E-state index is 14.9. The monoisotopic (exact) mass is 494 g/mol. The Hall–Kier alpha value is -3.40. The maximum Gasteiger partial charge on any atom is 0.182 e. The summed E-state index contributed by atoms with van der Waals surface area (Å²) in [5.41, 5.74) is 2.75. The van der Waals surface area contributed by atoms with Gasteiger partial charge in [0.15, 0.2) is 17.3 Å². The molecule has 1 aliphatic carbocycles. The van der Waals surface area contributed by atoms with E-state index in [-0.39, 0.29) is 34.9 Å². The predicted octanol–water partition coefficient (Wildman–Crippen LogP) is 5.68. The molecule has 0 bridgehead atoms. The van der Waals surface area contributed by atoms with E-state index in [4.69, 9.17) is 9.72 Å². The van der Waals surface area contributed by atoms with Gasteiger partial charge in [0.2, 0.25) is 0 Å². The smallest absolute Gasteiger partial charge is 0.182 e. The van der Waals surface area contributed by atoms with Gasteiger partial charge in [-0.25, -0.2) is 33.1 Å². The first-order valence-corrected chi connectivity index (χ1v) is 12.1. The van der Waals surface area contributed by atoms with Crippen LogP contribution in [-0.4, -0.2) is 35.8 Å². The minimum absolute atomic E-state index is 0.0772. The minimum Gasteiger partial charge on any atom is -0.370 e. The number of hydrogen-bond acceptors (Lipinski definition) is 6. The van der Waals surface area contributed by atoms with Crippen molar-refractivity contribution in [3.63, 3.8) is 0 Å². The Morgan fingerprint density at radius 2 is 1.67 bits per heavy atom. The van der Waals surface area contributed by atoms with Crippen LogP contribution < -0.4 is 0 Å². The molecule has 6 rings (SSSR count). The Kier molecular flexibility index (Phi) is 5.51. The highest BCUT2D eigenvalue weighted by Crippen LogP contribution is 2.41. The van der Waals surface area contributed by atoms with Crippen LogP contribution in [0.25, 0.3) is 22.4 Å². The molecule has 3 aromatic heterocycles. The zero-order valence-corrected chi connectivity index (χ0v) is 20.2. The summed E-state index contributed by atoms with van der Waals surface area (Å²) in [5.74, 6) is -3.02. The summed E-state index contributed by atoms with van der Waals surface area (Å²) >= 11 is 0. The molecule has 0 unspecified atom stereocenters. The fourth-order valence-electron chi connectivity index (χ4n) is 4.83. The van der Waals surface area contributed by atoms with Crippen molar-refractivity contribution in [1.82, 2.24) is 29.7 Å². The summed E-state index contributed by atoms with van der Waals surface area (Å²) in [6.45, 7) is 5.58. The zero-order chi connectivity index (χ0) is 25.1. The number of aryl methyl sites for hydroxylation is 2. The third kappa shape index (κ3) is 4.13. The predicted molar refractivity (Wildman–Crippen MR) is 126 cm³/mol. The average molecular weight is 495 g/mol. The van der Waals surface area contributed by atoms with Crippen LogP contribution in [0.4, 0.5) is 13.2 Å². The highest BCUT2D eigenvalue weighted by Gasteiger charge is 2.34. The van der Waals surface area contributed by atoms with Gasteiger partial charge in [-0.15, -0.1) is 0 Å². The molecular formula is C26H25F3N6O. The number of nitrogens with zero attached hydrogens (tertiary/aromatic N) is 6. The molecule has 1 saturated carbocycles. The number of rotatable bonds is 4. The maximum absolute atomic E-state index is 14.9. The number of fused-ring (bicyclic) bond motifs is 1. The van der Waals surface area contributed by atoms with Gasteiger partial charge < -0.3 is 4.74 Å². The van der Waals surface area contributed by atoms with Crippen LogP contribution in [0.5, 0.6) is 0 Å². The molecule has 4 aromatic rings. The normalized spacial score (nSPS) is 22.3. The van der Waals surface area contributed by atoms with Crippen molar-refractivity contribution < 1.29 is 17.9 Å². The van der Waals surface area contributed by atoms with Crippen molar-refractivity contribution in [2.45, 2.75) is 70.6 Å². The first-order chi connectivity index (χ1) is 17.3. The molecule has 7 nitrogen and oxygen atoms in total. The molecule has 2 aliphatic rings. The summed E-state index contributed by atoms with van der Waals surface area (Å²) in [5, 5.41) is 4.49. The van der Waals surface area contributed by atoms with Crippen LogP contribution in [0, 0.1) is 31.3 Å². The van der Waals surface area contributed by atoms with Crippen molar-refractivity contribution in [2.24, 2.45) is 0 Å². The summed E-state index contributed by atoms with van der Waals surface area (Å²) in [6.07, 6.45) is 7.14. The molecule has 3 atom stereocenters. The second-order valence-electron chi connectivity index (χ2n) is 9.83. The van der Waals surface area contributed by atoms with E-state index in [9.17, 15) is 13.2 Å². The number of halogens is 3. The molecule has 10 heteroatoms. The first-order valence-electron chi connectivity index (χ1n) is 12.1. The molecule has 1 saturated heterocycles. The molecule has 0 spiro atoms. The summed E-state index contributed by atoms with van der Waals surface area (Å²) < 4.78 is 50.9. The van der Waals surface area contributed by atoms with Crippen LogP contribution >= 0.6 is 0 Å². The van der Waals surface area contributed by atoms with Gasteiger partial charge in [0.25, 0.3) is 0 Å². The Morgan fingerprint density at radius 1 is 0.917 bits per heavy atom. The third-order valence-electron chi connectivity index (χ3n) is 7.02. The third-order valence-corrected chi connectivity index (χ3v) is 7.02. The van der Waals surface area contributed by atoms with Gasteiger partial charge in [-0.2, -0.15) is 5.10 Å². The van der Waals surface area contributed by atoms with Crippen LogP contribution in [0.2, 0.25) is 0 Å². The van der Waals surface area contributed by atoms with Crippen molar-refractivity contribution in [3.8, 4) is 11.3 Å². The Labute approximate surface area is 205 Å². The van der Waals surface area contributed by atoms with Gasteiger partial charge in [0.05, 0.1) is 35.8 Å². The molecular weight excluding hydrogens is 469 g/mol. The fourth-order valence-corrected chi connectivity index (χ4v) is 4.83. The van der Waals surface area contributed by atoms with E-state index in [0.29, 0.717) is 47.8 Å². The molecule has 2 fully saturated rings. The molecule has 1 aliphatic heterocycles. The number of ether oxygens (including phenoxy) is 1. The van der Waals surface area contributed by atoms with Crippen LogP contribution in [-0.2, 0) is 4.74 Å². The van der Waals surface area contributed by atoms with Crippen molar-refractivity contribution in [2.75, 3.05) is 0 Å². The van der Waals surface area contributed by atoms with E-state index in [0.717, 1.165) is 24.5 Å². The van der Waals surface area contributed by atoms with Crippen LogP contribution in [0.3, 0.4) is 0 Å². The summed E-state index contributed by atoms with van der Waals surface area (Å²) in [4.78, 5) is 18.5. The van der Waals surface area contributed by atoms with E-state index in [1.54, 1.807) is 6.92 Å². The lowest BCUT2D eigenvalue weighted by Crippen LogP contribution is -2.26. The SMILES string of the molecule is Cc1nc2nc([C@H]3C[C@H](C)O[C@@H](c4cnn(C5CC5)c4)C3)nc(-c3cc(F)c(F)cc3F)c2nc1C. The molecule has 1 aromatic carbocycles. The van der Waals surface area contributed by atoms with Crippen molar-refractivity contribution >= 4 is 11.2 Å². The van der Waals surface area contributed by atoms with Gasteiger partial charge in [0.1, 0.15) is 22.9 Å². The molecule has 0 radical (unpaired) electrons. The Morgan fingerprint density at radius 3 is 2.44 bits per heavy atom. The molecule has 36 heavy (non-hydrogen) atoms. The largest absolute Gasteiger partial charge is 0.370 e. The van der Waals surface area contributed by atoms with Gasteiger partial charge in [-0.3, -0.25) is 4.68 Å². The molecule has 0 amide bonds. The average Bonchev–Trinajstić information content (AvgIpc) is 3.57. The topological polar surface area (TPSA) is 78.6 Å². The lowest BCUT2D eigenvalue weighted by molar-refractivity contribution is -0.0511. The Bertz CT molecular complexity index is 1480. The van der Waals surface area contributed by atoms with Gasteiger partial charge >= 0.3 is 0 Å². The standard InChI is InChI=1S/C26H25F3N6O/c1-12-6-15(7-22(36-12)16-10-30-35(11-16)17-4-5-17)25-33-23(18-8-20(28)21(29)9-19(18)27)24-26(34-25)32-14(3)13(2)31-24/h8-12,15,17,22H,4-7H2,1-3H3/t12-,15-,22+/m0/s1. The lowest BCUT2D eigenvalue weighted by atomic mass is 9.89. The molecule has 186 valence electrons. The van der Waals surface area contributed by atoms with E-state index in [1.807, 2.05) is 30.9 Å².